The Kier molecular flexibility index (Phi) is 5.87. The summed E-state index contributed by atoms with van der Waals surface area (Å²) in [5.41, 5.74) is -1.74. The van der Waals surface area contributed by atoms with E-state index in [4.69, 9.17) is 0 Å². The van der Waals surface area contributed by atoms with E-state index in [1.165, 1.54) is 5.57 Å². The lowest BCUT2D eigenvalue weighted by atomic mass is 9.45. The van der Waals surface area contributed by atoms with E-state index >= 15 is 0 Å². The zero-order valence-corrected chi connectivity index (χ0v) is 20.9. The van der Waals surface area contributed by atoms with Gasteiger partial charge in [0.15, 0.2) is 16.7 Å². The molecule has 7 atom stereocenters. The third-order valence-electron chi connectivity index (χ3n) is 9.46. The van der Waals surface area contributed by atoms with E-state index in [0.717, 1.165) is 37.4 Å². The van der Waals surface area contributed by atoms with Crippen molar-refractivity contribution in [2.75, 3.05) is 5.75 Å². The van der Waals surface area contributed by atoms with Crippen molar-refractivity contribution in [1.82, 2.24) is 0 Å². The minimum absolute atomic E-state index is 0.0220. The van der Waals surface area contributed by atoms with Gasteiger partial charge >= 0.3 is 0 Å². The number of carbonyl (C=O) groups excluding carboxylic acids is 3. The number of hydrogen-bond acceptors (Lipinski definition) is 6. The van der Waals surface area contributed by atoms with Crippen LogP contribution in [0.5, 0.6) is 0 Å². The highest BCUT2D eigenvalue weighted by Crippen LogP contribution is 2.67. The Morgan fingerprint density at radius 1 is 1.16 bits per heavy atom. The van der Waals surface area contributed by atoms with Crippen LogP contribution in [0, 0.1) is 34.0 Å². The maximum Gasteiger partial charge on any atom is 0.194 e. The first-order valence-corrected chi connectivity index (χ1v) is 13.1. The Labute approximate surface area is 195 Å². The lowest BCUT2D eigenvalue weighted by molar-refractivity contribution is -0.178. The molecule has 0 bridgehead atoms. The standard InChI is InChI=1S/C26H38O5S/c1-23(2,3)22(30)32-14-20(29)26(31)11-9-18-17-7-6-15-12-16(27)8-10-24(15,4)21(17)19(28)13-25(18,26)5/h12,17-19,21,28,31H,6-11,13-14H2,1-5H3/t17?,18?,19-,21?,24?,25?,26-/m0/s1. The fraction of sp³-hybridized carbons (Fsp3) is 0.808. The molecular formula is C26H38O5S. The lowest BCUT2D eigenvalue weighted by Crippen LogP contribution is -2.62. The van der Waals surface area contributed by atoms with Gasteiger partial charge in [0, 0.05) is 17.3 Å². The molecule has 4 rings (SSSR count). The fourth-order valence-corrected chi connectivity index (χ4v) is 8.55. The molecule has 5 nitrogen and oxygen atoms in total. The van der Waals surface area contributed by atoms with Crippen LogP contribution < -0.4 is 0 Å². The number of thioether (sulfide) groups is 1. The molecule has 2 N–H and O–H groups in total. The first kappa shape index (κ1) is 24.2. The van der Waals surface area contributed by atoms with Crippen LogP contribution in [0.15, 0.2) is 11.6 Å². The van der Waals surface area contributed by atoms with Gasteiger partial charge in [-0.15, -0.1) is 0 Å². The van der Waals surface area contributed by atoms with Crippen LogP contribution in [-0.4, -0.2) is 44.4 Å². The maximum atomic E-state index is 13.3. The number of hydrogen-bond donors (Lipinski definition) is 2. The number of allylic oxidation sites excluding steroid dienone is 1. The molecule has 3 fully saturated rings. The molecule has 0 aliphatic heterocycles. The first-order chi connectivity index (χ1) is 14.7. The number of Topliss-reactive ketones (excluding diaryl/α,β-unsaturated/α-hetero) is 1. The summed E-state index contributed by atoms with van der Waals surface area (Å²) in [6.07, 6.45) is 5.78. The molecule has 0 heterocycles. The summed E-state index contributed by atoms with van der Waals surface area (Å²) in [5, 5.41) is 23.1. The van der Waals surface area contributed by atoms with Gasteiger partial charge in [-0.05, 0) is 67.8 Å². The Balaban J connectivity index is 1.59. The van der Waals surface area contributed by atoms with Crippen molar-refractivity contribution in [1.29, 1.82) is 0 Å². The van der Waals surface area contributed by atoms with Crippen LogP contribution in [0.25, 0.3) is 0 Å². The fourth-order valence-electron chi connectivity index (χ4n) is 7.62. The van der Waals surface area contributed by atoms with Gasteiger partial charge in [0.05, 0.1) is 11.9 Å². The second-order valence-electron chi connectivity index (χ2n) is 12.2. The lowest BCUT2D eigenvalue weighted by Gasteiger charge is -2.60. The Morgan fingerprint density at radius 3 is 2.50 bits per heavy atom. The van der Waals surface area contributed by atoms with Gasteiger partial charge in [0.25, 0.3) is 0 Å². The quantitative estimate of drug-likeness (QED) is 0.656. The highest BCUT2D eigenvalue weighted by molar-refractivity contribution is 8.14. The summed E-state index contributed by atoms with van der Waals surface area (Å²) in [6, 6.07) is 0. The Morgan fingerprint density at radius 2 is 1.84 bits per heavy atom. The van der Waals surface area contributed by atoms with Crippen LogP contribution in [0.4, 0.5) is 0 Å². The molecule has 5 unspecified atom stereocenters. The van der Waals surface area contributed by atoms with Gasteiger partial charge in [-0.2, -0.15) is 0 Å². The molecule has 0 amide bonds. The molecule has 4 aliphatic rings. The first-order valence-electron chi connectivity index (χ1n) is 12.1. The van der Waals surface area contributed by atoms with E-state index in [1.807, 2.05) is 33.8 Å². The molecule has 0 saturated heterocycles. The van der Waals surface area contributed by atoms with Gasteiger partial charge in [0.1, 0.15) is 5.60 Å². The predicted octanol–water partition coefficient (Wildman–Crippen LogP) is 4.10. The minimum Gasteiger partial charge on any atom is -0.393 e. The molecule has 0 radical (unpaired) electrons. The molecule has 4 aliphatic carbocycles. The molecular weight excluding hydrogens is 424 g/mol. The normalized spacial score (nSPS) is 43.7. The van der Waals surface area contributed by atoms with Crippen LogP contribution in [0.2, 0.25) is 0 Å². The van der Waals surface area contributed by atoms with E-state index in [-0.39, 0.29) is 45.6 Å². The molecule has 6 heteroatoms. The van der Waals surface area contributed by atoms with Crippen LogP contribution in [-0.2, 0) is 14.4 Å². The van der Waals surface area contributed by atoms with Gasteiger partial charge in [-0.3, -0.25) is 14.4 Å². The monoisotopic (exact) mass is 462 g/mol. The molecule has 0 aromatic heterocycles. The van der Waals surface area contributed by atoms with Crippen LogP contribution in [0.3, 0.4) is 0 Å². The Bertz CT molecular complexity index is 872. The third kappa shape index (κ3) is 3.47. The van der Waals surface area contributed by atoms with Crippen molar-refractivity contribution >= 4 is 28.4 Å². The molecule has 0 aromatic rings. The van der Waals surface area contributed by atoms with Crippen molar-refractivity contribution in [3.63, 3.8) is 0 Å². The number of fused-ring (bicyclic) bond motifs is 5. The van der Waals surface area contributed by atoms with E-state index in [0.29, 0.717) is 19.3 Å². The van der Waals surface area contributed by atoms with E-state index in [1.54, 1.807) is 0 Å². The van der Waals surface area contributed by atoms with Crippen molar-refractivity contribution < 1.29 is 24.6 Å². The summed E-state index contributed by atoms with van der Waals surface area (Å²) < 4.78 is 0. The number of ketones is 2. The average Bonchev–Trinajstić information content (AvgIpc) is 2.97. The van der Waals surface area contributed by atoms with E-state index in [9.17, 15) is 24.6 Å². The zero-order chi connectivity index (χ0) is 23.7. The number of aliphatic hydroxyl groups excluding tert-OH is 1. The maximum absolute atomic E-state index is 13.3. The molecule has 0 spiro atoms. The van der Waals surface area contributed by atoms with Gasteiger partial charge in [-0.25, -0.2) is 0 Å². The third-order valence-corrected chi connectivity index (χ3v) is 10.7. The van der Waals surface area contributed by atoms with Gasteiger partial charge in [0.2, 0.25) is 0 Å². The van der Waals surface area contributed by atoms with E-state index < -0.39 is 22.5 Å². The zero-order valence-electron chi connectivity index (χ0n) is 20.1. The molecule has 32 heavy (non-hydrogen) atoms. The summed E-state index contributed by atoms with van der Waals surface area (Å²) in [5.74, 6) is 0.332. The minimum atomic E-state index is -1.51. The van der Waals surface area contributed by atoms with Crippen molar-refractivity contribution in [2.24, 2.45) is 34.0 Å². The number of aliphatic hydroxyl groups is 2. The molecule has 0 aromatic carbocycles. The van der Waals surface area contributed by atoms with Crippen LogP contribution >= 0.6 is 11.8 Å². The average molecular weight is 463 g/mol. The van der Waals surface area contributed by atoms with Crippen molar-refractivity contribution in [3.8, 4) is 0 Å². The second-order valence-corrected chi connectivity index (χ2v) is 13.2. The highest BCUT2D eigenvalue weighted by Gasteiger charge is 2.68. The van der Waals surface area contributed by atoms with Crippen molar-refractivity contribution in [2.45, 2.75) is 91.3 Å². The molecule has 3 saturated carbocycles. The summed E-state index contributed by atoms with van der Waals surface area (Å²) >= 11 is 1.00. The van der Waals surface area contributed by atoms with Gasteiger partial charge < -0.3 is 10.2 Å². The van der Waals surface area contributed by atoms with Crippen LogP contribution in [0.1, 0.15) is 79.6 Å². The summed E-state index contributed by atoms with van der Waals surface area (Å²) in [6.45, 7) is 9.68. The topological polar surface area (TPSA) is 91.7 Å². The highest BCUT2D eigenvalue weighted by atomic mass is 32.2. The smallest absolute Gasteiger partial charge is 0.194 e. The Hall–Kier alpha value is -0.980. The second kappa shape index (κ2) is 7.78. The predicted molar refractivity (Wildman–Crippen MR) is 125 cm³/mol. The number of carbonyl (C=O) groups is 3. The SMILES string of the molecule is CC(C)(C)C(=O)SCC(=O)[C@@]1(O)CCC2C3CCC4=CC(=O)CCC4(C)C3[C@@H](O)CC21C. The summed E-state index contributed by atoms with van der Waals surface area (Å²) in [4.78, 5) is 37.7. The van der Waals surface area contributed by atoms with E-state index in [2.05, 4.69) is 6.92 Å². The molecule has 178 valence electrons. The summed E-state index contributed by atoms with van der Waals surface area (Å²) in [7, 11) is 0. The largest absolute Gasteiger partial charge is 0.393 e. The van der Waals surface area contributed by atoms with Crippen molar-refractivity contribution in [3.05, 3.63) is 11.6 Å². The number of rotatable bonds is 3. The van der Waals surface area contributed by atoms with Gasteiger partial charge in [-0.1, -0.05) is 52.0 Å².